The lowest BCUT2D eigenvalue weighted by atomic mass is 10.0. The topological polar surface area (TPSA) is 39.4 Å². The predicted molar refractivity (Wildman–Crippen MR) is 86.5 cm³/mol. The largest absolute Gasteiger partial charge is 0.350 e. The SMILES string of the molecule is Cc1cc(C#N)ccc1N=C1SC[C@H](CC(C)C)N1C. The summed E-state index contributed by atoms with van der Waals surface area (Å²) < 4.78 is 0. The third kappa shape index (κ3) is 3.34. The van der Waals surface area contributed by atoms with Crippen LogP contribution in [-0.4, -0.2) is 28.9 Å². The standard InChI is InChI=1S/C16H21N3S/c1-11(2)7-14-10-20-16(19(14)4)18-15-6-5-13(9-17)8-12(15)3/h5-6,8,11,14H,7,10H2,1-4H3/t14-/m0/s1. The Kier molecular flexibility index (Phi) is 4.72. The third-order valence-electron chi connectivity index (χ3n) is 3.54. The van der Waals surface area contributed by atoms with Crippen molar-refractivity contribution < 1.29 is 0 Å². The summed E-state index contributed by atoms with van der Waals surface area (Å²) in [7, 11) is 2.13. The molecule has 0 radical (unpaired) electrons. The van der Waals surface area contributed by atoms with E-state index in [4.69, 9.17) is 10.3 Å². The van der Waals surface area contributed by atoms with Crippen molar-refractivity contribution in [3.8, 4) is 6.07 Å². The van der Waals surface area contributed by atoms with Crippen molar-refractivity contribution in [3.05, 3.63) is 29.3 Å². The third-order valence-corrected chi connectivity index (χ3v) is 4.73. The molecule has 1 saturated heterocycles. The molecule has 1 heterocycles. The lowest BCUT2D eigenvalue weighted by Crippen LogP contribution is -2.30. The summed E-state index contributed by atoms with van der Waals surface area (Å²) in [6.45, 7) is 6.53. The van der Waals surface area contributed by atoms with Crippen molar-refractivity contribution in [2.75, 3.05) is 12.8 Å². The average Bonchev–Trinajstić information content (AvgIpc) is 2.73. The number of thioether (sulfide) groups is 1. The van der Waals surface area contributed by atoms with E-state index in [2.05, 4.69) is 31.9 Å². The number of benzene rings is 1. The molecule has 0 bridgehead atoms. The van der Waals surface area contributed by atoms with Gasteiger partial charge in [-0.15, -0.1) is 0 Å². The summed E-state index contributed by atoms with van der Waals surface area (Å²) in [5.74, 6) is 1.82. The van der Waals surface area contributed by atoms with E-state index in [9.17, 15) is 0 Å². The zero-order chi connectivity index (χ0) is 14.7. The van der Waals surface area contributed by atoms with Gasteiger partial charge in [-0.2, -0.15) is 5.26 Å². The van der Waals surface area contributed by atoms with Gasteiger partial charge in [0.15, 0.2) is 5.17 Å². The Balaban J connectivity index is 2.18. The normalized spacial score (nSPS) is 20.7. The number of hydrogen-bond acceptors (Lipinski definition) is 3. The number of hydrogen-bond donors (Lipinski definition) is 0. The number of nitrogens with zero attached hydrogens (tertiary/aromatic N) is 3. The Morgan fingerprint density at radius 1 is 1.50 bits per heavy atom. The Bertz CT molecular complexity index is 557. The first-order valence-corrected chi connectivity index (χ1v) is 7.95. The van der Waals surface area contributed by atoms with Crippen LogP contribution in [0.15, 0.2) is 23.2 Å². The van der Waals surface area contributed by atoms with Gasteiger partial charge in [0.05, 0.1) is 17.3 Å². The quantitative estimate of drug-likeness (QED) is 0.845. The monoisotopic (exact) mass is 287 g/mol. The molecular formula is C16H21N3S. The highest BCUT2D eigenvalue weighted by molar-refractivity contribution is 8.14. The molecule has 1 atom stereocenters. The molecule has 2 rings (SSSR count). The van der Waals surface area contributed by atoms with Gasteiger partial charge in [-0.1, -0.05) is 25.6 Å². The van der Waals surface area contributed by atoms with Crippen molar-refractivity contribution in [3.63, 3.8) is 0 Å². The molecule has 1 aromatic rings. The summed E-state index contributed by atoms with van der Waals surface area (Å²) in [6.07, 6.45) is 1.20. The number of rotatable bonds is 3. The van der Waals surface area contributed by atoms with E-state index in [1.165, 1.54) is 6.42 Å². The van der Waals surface area contributed by atoms with Crippen molar-refractivity contribution in [1.82, 2.24) is 4.90 Å². The van der Waals surface area contributed by atoms with Gasteiger partial charge in [0.25, 0.3) is 0 Å². The zero-order valence-electron chi connectivity index (χ0n) is 12.6. The van der Waals surface area contributed by atoms with E-state index in [1.54, 1.807) is 0 Å². The van der Waals surface area contributed by atoms with E-state index in [0.717, 1.165) is 22.2 Å². The molecule has 0 N–H and O–H groups in total. The minimum Gasteiger partial charge on any atom is -0.350 e. The lowest BCUT2D eigenvalue weighted by molar-refractivity contribution is 0.351. The Morgan fingerprint density at radius 2 is 2.25 bits per heavy atom. The fraction of sp³-hybridized carbons (Fsp3) is 0.500. The lowest BCUT2D eigenvalue weighted by Gasteiger charge is -2.22. The molecule has 1 aromatic carbocycles. The van der Waals surface area contributed by atoms with Gasteiger partial charge in [0, 0.05) is 18.8 Å². The van der Waals surface area contributed by atoms with Crippen LogP contribution >= 0.6 is 11.8 Å². The Hall–Kier alpha value is -1.47. The molecule has 0 amide bonds. The fourth-order valence-electron chi connectivity index (χ4n) is 2.38. The highest BCUT2D eigenvalue weighted by Gasteiger charge is 2.27. The Morgan fingerprint density at radius 3 is 2.85 bits per heavy atom. The molecule has 3 nitrogen and oxygen atoms in total. The van der Waals surface area contributed by atoms with Crippen LogP contribution < -0.4 is 0 Å². The smallest absolute Gasteiger partial charge is 0.164 e. The molecule has 0 unspecified atom stereocenters. The van der Waals surface area contributed by atoms with Crippen LogP contribution in [0, 0.1) is 24.2 Å². The van der Waals surface area contributed by atoms with E-state index in [1.807, 2.05) is 36.9 Å². The van der Waals surface area contributed by atoms with Crippen LogP contribution in [0.25, 0.3) is 0 Å². The summed E-state index contributed by atoms with van der Waals surface area (Å²) in [5, 5.41) is 9.99. The first-order valence-electron chi connectivity index (χ1n) is 6.96. The summed E-state index contributed by atoms with van der Waals surface area (Å²) in [5.41, 5.74) is 2.71. The molecule has 20 heavy (non-hydrogen) atoms. The van der Waals surface area contributed by atoms with E-state index >= 15 is 0 Å². The number of nitriles is 1. The average molecular weight is 287 g/mol. The number of aryl methyl sites for hydroxylation is 1. The molecule has 1 aliphatic rings. The van der Waals surface area contributed by atoms with Crippen LogP contribution in [-0.2, 0) is 0 Å². The van der Waals surface area contributed by atoms with Gasteiger partial charge in [0.1, 0.15) is 0 Å². The predicted octanol–water partition coefficient (Wildman–Crippen LogP) is 3.95. The van der Waals surface area contributed by atoms with E-state index in [-0.39, 0.29) is 0 Å². The van der Waals surface area contributed by atoms with Crippen molar-refractivity contribution in [1.29, 1.82) is 5.26 Å². The maximum atomic E-state index is 8.90. The summed E-state index contributed by atoms with van der Waals surface area (Å²) >= 11 is 1.82. The first-order chi connectivity index (χ1) is 9.51. The van der Waals surface area contributed by atoms with Crippen LogP contribution in [0.2, 0.25) is 0 Å². The molecule has 0 aliphatic carbocycles. The van der Waals surface area contributed by atoms with E-state index in [0.29, 0.717) is 17.5 Å². The van der Waals surface area contributed by atoms with Crippen molar-refractivity contribution in [2.45, 2.75) is 33.2 Å². The number of amidine groups is 1. The van der Waals surface area contributed by atoms with Gasteiger partial charge in [-0.25, -0.2) is 4.99 Å². The highest BCUT2D eigenvalue weighted by atomic mass is 32.2. The second kappa shape index (κ2) is 6.32. The minimum absolute atomic E-state index is 0.581. The molecule has 0 saturated carbocycles. The van der Waals surface area contributed by atoms with Crippen molar-refractivity contribution in [2.24, 2.45) is 10.9 Å². The fourth-order valence-corrected chi connectivity index (χ4v) is 3.59. The van der Waals surface area contributed by atoms with Gasteiger partial charge < -0.3 is 4.90 Å². The van der Waals surface area contributed by atoms with Crippen LogP contribution in [0.4, 0.5) is 5.69 Å². The molecular weight excluding hydrogens is 266 g/mol. The molecule has 106 valence electrons. The molecule has 1 fully saturated rings. The minimum atomic E-state index is 0.581. The first kappa shape index (κ1) is 14.9. The van der Waals surface area contributed by atoms with Crippen LogP contribution in [0.5, 0.6) is 0 Å². The van der Waals surface area contributed by atoms with Gasteiger partial charge in [0.2, 0.25) is 0 Å². The second-order valence-electron chi connectivity index (χ2n) is 5.71. The van der Waals surface area contributed by atoms with Crippen LogP contribution in [0.1, 0.15) is 31.4 Å². The summed E-state index contributed by atoms with van der Waals surface area (Å²) in [4.78, 5) is 7.06. The highest BCUT2D eigenvalue weighted by Crippen LogP contribution is 2.30. The van der Waals surface area contributed by atoms with E-state index < -0.39 is 0 Å². The summed E-state index contributed by atoms with van der Waals surface area (Å²) in [6, 6.07) is 8.40. The molecule has 4 heteroatoms. The molecule has 0 spiro atoms. The maximum Gasteiger partial charge on any atom is 0.164 e. The van der Waals surface area contributed by atoms with Crippen molar-refractivity contribution >= 4 is 22.6 Å². The van der Waals surface area contributed by atoms with Gasteiger partial charge >= 0.3 is 0 Å². The van der Waals surface area contributed by atoms with Crippen LogP contribution in [0.3, 0.4) is 0 Å². The molecule has 1 aliphatic heterocycles. The molecule has 0 aromatic heterocycles. The second-order valence-corrected chi connectivity index (χ2v) is 6.70. The number of aliphatic imine (C=N–C) groups is 1. The zero-order valence-corrected chi connectivity index (χ0v) is 13.4. The van der Waals surface area contributed by atoms with Gasteiger partial charge in [-0.3, -0.25) is 0 Å². The Labute approximate surface area is 125 Å². The maximum absolute atomic E-state index is 8.90. The van der Waals surface area contributed by atoms with Gasteiger partial charge in [-0.05, 0) is 43.0 Å².